The lowest BCUT2D eigenvalue weighted by Crippen LogP contribution is -2.41. The number of hydrogen-bond acceptors (Lipinski definition) is 3. The van der Waals surface area contributed by atoms with Gasteiger partial charge in [0, 0.05) is 31.4 Å². The largest absolute Gasteiger partial charge is 0.338 e. The highest BCUT2D eigenvalue weighted by Gasteiger charge is 2.25. The van der Waals surface area contributed by atoms with Crippen LogP contribution in [0, 0.1) is 12.8 Å². The van der Waals surface area contributed by atoms with Crippen molar-refractivity contribution in [2.75, 3.05) is 19.6 Å². The lowest BCUT2D eigenvalue weighted by atomic mass is 10.1. The summed E-state index contributed by atoms with van der Waals surface area (Å²) < 4.78 is 0. The fourth-order valence-corrected chi connectivity index (χ4v) is 3.73. The monoisotopic (exact) mass is 380 g/mol. The second-order valence-electron chi connectivity index (χ2n) is 8.04. The zero-order chi connectivity index (χ0) is 19.9. The van der Waals surface area contributed by atoms with Crippen LogP contribution in [-0.4, -0.2) is 46.5 Å². The quantitative estimate of drug-likeness (QED) is 0.794. The molecule has 3 rings (SSSR count). The number of carbonyl (C=O) groups is 1. The third-order valence-electron chi connectivity index (χ3n) is 5.39. The molecular formula is C23H32N4O. The van der Waals surface area contributed by atoms with Crippen LogP contribution in [0.15, 0.2) is 48.5 Å². The Kier molecular flexibility index (Phi) is 7.04. The molecule has 1 fully saturated rings. The fraction of sp³-hybridized carbons (Fsp3) is 0.478. The lowest BCUT2D eigenvalue weighted by molar-refractivity contribution is 0.189. The van der Waals surface area contributed by atoms with Gasteiger partial charge in [0.25, 0.3) is 0 Å². The first-order valence-electron chi connectivity index (χ1n) is 10.2. The number of nitrogens with one attached hydrogen (secondary N) is 1. The Hall–Kier alpha value is -2.40. The van der Waals surface area contributed by atoms with Crippen molar-refractivity contribution in [3.8, 4) is 0 Å². The maximum absolute atomic E-state index is 13.0. The summed E-state index contributed by atoms with van der Waals surface area (Å²) in [6.45, 7) is 10.4. The zero-order valence-electron chi connectivity index (χ0n) is 17.3. The van der Waals surface area contributed by atoms with Gasteiger partial charge in [0.05, 0.1) is 12.2 Å². The Bertz CT molecular complexity index is 762. The first kappa shape index (κ1) is 20.3. The third-order valence-corrected chi connectivity index (χ3v) is 5.39. The molecule has 5 nitrogen and oxygen atoms in total. The van der Waals surface area contributed by atoms with Gasteiger partial charge in [-0.15, -0.1) is 0 Å². The van der Waals surface area contributed by atoms with Gasteiger partial charge in [-0.25, -0.2) is 4.79 Å². The van der Waals surface area contributed by atoms with Gasteiger partial charge in [-0.3, -0.25) is 4.98 Å². The van der Waals surface area contributed by atoms with Crippen molar-refractivity contribution < 1.29 is 4.79 Å². The molecule has 2 heterocycles. The molecule has 1 N–H and O–H groups in total. The first-order valence-corrected chi connectivity index (χ1v) is 10.2. The molecule has 28 heavy (non-hydrogen) atoms. The van der Waals surface area contributed by atoms with Crippen LogP contribution >= 0.6 is 0 Å². The highest BCUT2D eigenvalue weighted by molar-refractivity contribution is 5.74. The molecule has 1 aromatic heterocycles. The standard InChI is InChI=1S/C23H32N4O/c1-18(2)26-13-12-21(16-26)14-24-23(28)27(15-20-9-5-4-6-10-20)17-22-11-7-8-19(3)25-22/h4-11,18,21H,12-17H2,1-3H3,(H,24,28)/t21-/m1/s1. The molecule has 0 aliphatic carbocycles. The molecule has 1 aromatic carbocycles. The summed E-state index contributed by atoms with van der Waals surface area (Å²) in [6.07, 6.45) is 1.15. The number of likely N-dealkylation sites (tertiary alicyclic amines) is 1. The molecule has 150 valence electrons. The minimum atomic E-state index is -0.0184. The Morgan fingerprint density at radius 3 is 2.64 bits per heavy atom. The summed E-state index contributed by atoms with van der Waals surface area (Å²) in [5.41, 5.74) is 3.01. The molecule has 5 heteroatoms. The third kappa shape index (κ3) is 5.80. The van der Waals surface area contributed by atoms with E-state index >= 15 is 0 Å². The van der Waals surface area contributed by atoms with Crippen molar-refractivity contribution in [1.29, 1.82) is 0 Å². The fourth-order valence-electron chi connectivity index (χ4n) is 3.73. The minimum Gasteiger partial charge on any atom is -0.338 e. The van der Waals surface area contributed by atoms with Crippen molar-refractivity contribution in [2.45, 2.75) is 46.3 Å². The number of nitrogens with zero attached hydrogens (tertiary/aromatic N) is 3. The molecule has 0 unspecified atom stereocenters. The van der Waals surface area contributed by atoms with Crippen LogP contribution in [0.1, 0.15) is 37.2 Å². The normalized spacial score (nSPS) is 17.1. The van der Waals surface area contributed by atoms with Crippen LogP contribution in [0.2, 0.25) is 0 Å². The summed E-state index contributed by atoms with van der Waals surface area (Å²) in [4.78, 5) is 21.9. The number of benzene rings is 1. The second-order valence-corrected chi connectivity index (χ2v) is 8.04. The average Bonchev–Trinajstić information content (AvgIpc) is 3.16. The highest BCUT2D eigenvalue weighted by atomic mass is 16.2. The van der Waals surface area contributed by atoms with E-state index in [0.29, 0.717) is 25.0 Å². The van der Waals surface area contributed by atoms with Gasteiger partial charge in [-0.2, -0.15) is 0 Å². The van der Waals surface area contributed by atoms with Crippen molar-refractivity contribution in [3.63, 3.8) is 0 Å². The van der Waals surface area contributed by atoms with E-state index < -0.39 is 0 Å². The van der Waals surface area contributed by atoms with Gasteiger partial charge in [0.15, 0.2) is 0 Å². The molecule has 1 saturated heterocycles. The number of hydrogen-bond donors (Lipinski definition) is 1. The predicted molar refractivity (Wildman–Crippen MR) is 113 cm³/mol. The average molecular weight is 381 g/mol. The molecule has 2 amide bonds. The van der Waals surface area contributed by atoms with E-state index in [1.54, 1.807) is 0 Å². The lowest BCUT2D eigenvalue weighted by Gasteiger charge is -2.24. The molecular weight excluding hydrogens is 348 g/mol. The first-order chi connectivity index (χ1) is 13.5. The van der Waals surface area contributed by atoms with Crippen LogP contribution < -0.4 is 5.32 Å². The zero-order valence-corrected chi connectivity index (χ0v) is 17.3. The van der Waals surface area contributed by atoms with Gasteiger partial charge < -0.3 is 15.1 Å². The van der Waals surface area contributed by atoms with Crippen LogP contribution in [0.25, 0.3) is 0 Å². The number of amides is 2. The van der Waals surface area contributed by atoms with Crippen LogP contribution in [0.4, 0.5) is 4.79 Å². The maximum Gasteiger partial charge on any atom is 0.318 e. The Morgan fingerprint density at radius 1 is 1.18 bits per heavy atom. The topological polar surface area (TPSA) is 48.5 Å². The van der Waals surface area contributed by atoms with Crippen molar-refractivity contribution >= 4 is 6.03 Å². The van der Waals surface area contributed by atoms with Gasteiger partial charge in [-0.1, -0.05) is 36.4 Å². The number of aryl methyl sites for hydroxylation is 1. The van der Waals surface area contributed by atoms with Crippen LogP contribution in [0.3, 0.4) is 0 Å². The molecule has 0 radical (unpaired) electrons. The molecule has 1 atom stereocenters. The summed E-state index contributed by atoms with van der Waals surface area (Å²) >= 11 is 0. The number of carbonyl (C=O) groups excluding carboxylic acids is 1. The predicted octanol–water partition coefficient (Wildman–Crippen LogP) is 3.83. The summed E-state index contributed by atoms with van der Waals surface area (Å²) in [7, 11) is 0. The Labute approximate surface area is 168 Å². The number of urea groups is 1. The Balaban J connectivity index is 1.62. The minimum absolute atomic E-state index is 0.0184. The number of aromatic nitrogens is 1. The van der Waals surface area contributed by atoms with Gasteiger partial charge in [-0.05, 0) is 57.4 Å². The molecule has 1 aliphatic rings. The van der Waals surface area contributed by atoms with Gasteiger partial charge >= 0.3 is 6.03 Å². The van der Waals surface area contributed by atoms with E-state index in [1.807, 2.05) is 48.2 Å². The molecule has 0 bridgehead atoms. The second kappa shape index (κ2) is 9.69. The van der Waals surface area contributed by atoms with E-state index in [1.165, 1.54) is 0 Å². The van der Waals surface area contributed by atoms with Crippen molar-refractivity contribution in [1.82, 2.24) is 20.1 Å². The van der Waals surface area contributed by atoms with E-state index in [9.17, 15) is 4.79 Å². The van der Waals surface area contributed by atoms with E-state index in [-0.39, 0.29) is 6.03 Å². The molecule has 0 saturated carbocycles. The van der Waals surface area contributed by atoms with E-state index in [4.69, 9.17) is 0 Å². The summed E-state index contributed by atoms with van der Waals surface area (Å²) in [5, 5.41) is 3.17. The van der Waals surface area contributed by atoms with E-state index in [2.05, 4.69) is 41.2 Å². The smallest absolute Gasteiger partial charge is 0.318 e. The van der Waals surface area contributed by atoms with Crippen LogP contribution in [0.5, 0.6) is 0 Å². The highest BCUT2D eigenvalue weighted by Crippen LogP contribution is 2.18. The number of rotatable bonds is 7. The van der Waals surface area contributed by atoms with Crippen molar-refractivity contribution in [2.24, 2.45) is 5.92 Å². The van der Waals surface area contributed by atoms with Gasteiger partial charge in [0.1, 0.15) is 0 Å². The molecule has 2 aromatic rings. The SMILES string of the molecule is Cc1cccc(CN(Cc2ccccc2)C(=O)NC[C@H]2CCN(C(C)C)C2)n1. The summed E-state index contributed by atoms with van der Waals surface area (Å²) in [6, 6.07) is 16.6. The number of pyridine rings is 1. The van der Waals surface area contributed by atoms with E-state index in [0.717, 1.165) is 43.0 Å². The van der Waals surface area contributed by atoms with Gasteiger partial charge in [0.2, 0.25) is 0 Å². The Morgan fingerprint density at radius 2 is 1.96 bits per heavy atom. The summed E-state index contributed by atoms with van der Waals surface area (Å²) in [5.74, 6) is 0.530. The molecule has 1 aliphatic heterocycles. The van der Waals surface area contributed by atoms with Crippen molar-refractivity contribution in [3.05, 3.63) is 65.5 Å². The van der Waals surface area contributed by atoms with Crippen LogP contribution in [-0.2, 0) is 13.1 Å². The molecule has 0 spiro atoms. The maximum atomic E-state index is 13.0.